The quantitative estimate of drug-likeness (QED) is 0.764. The first-order chi connectivity index (χ1) is 6.38. The summed E-state index contributed by atoms with van der Waals surface area (Å²) >= 11 is 0. The molecule has 0 bridgehead atoms. The van der Waals surface area contributed by atoms with Crippen molar-refractivity contribution in [3.63, 3.8) is 0 Å². The van der Waals surface area contributed by atoms with Crippen LogP contribution in [0.25, 0.3) is 0 Å². The highest BCUT2D eigenvalue weighted by molar-refractivity contribution is 5.41. The molecule has 0 aliphatic rings. The normalized spacial score (nSPS) is 12.1. The van der Waals surface area contributed by atoms with Crippen LogP contribution in [-0.2, 0) is 19.1 Å². The SMILES string of the molecule is CCCc1nc(C(C)(C)O)c(N)n1C. The molecule has 3 N–H and O–H groups in total. The Bertz CT molecular complexity index is 323. The van der Waals surface area contributed by atoms with Gasteiger partial charge in [-0.25, -0.2) is 4.98 Å². The fourth-order valence-corrected chi connectivity index (χ4v) is 1.46. The molecule has 0 fully saturated rings. The molecule has 0 aliphatic heterocycles. The Morgan fingerprint density at radius 3 is 2.43 bits per heavy atom. The molecule has 0 radical (unpaired) electrons. The molecule has 4 heteroatoms. The second-order valence-corrected chi connectivity index (χ2v) is 4.13. The third kappa shape index (κ3) is 1.90. The summed E-state index contributed by atoms with van der Waals surface area (Å²) in [4.78, 5) is 4.36. The van der Waals surface area contributed by atoms with E-state index in [0.717, 1.165) is 18.7 Å². The van der Waals surface area contributed by atoms with Crippen LogP contribution in [0.3, 0.4) is 0 Å². The highest BCUT2D eigenvalue weighted by Gasteiger charge is 2.25. The summed E-state index contributed by atoms with van der Waals surface area (Å²) in [7, 11) is 1.88. The van der Waals surface area contributed by atoms with Crippen LogP contribution in [0.15, 0.2) is 0 Å². The number of nitrogen functional groups attached to an aromatic ring is 1. The van der Waals surface area contributed by atoms with Gasteiger partial charge in [-0.2, -0.15) is 0 Å². The number of hydrogen-bond donors (Lipinski definition) is 2. The number of nitrogens with zero attached hydrogens (tertiary/aromatic N) is 2. The molecule has 14 heavy (non-hydrogen) atoms. The minimum absolute atomic E-state index is 0.556. The van der Waals surface area contributed by atoms with Crippen molar-refractivity contribution < 1.29 is 5.11 Å². The Kier molecular flexibility index (Phi) is 2.85. The van der Waals surface area contributed by atoms with E-state index in [4.69, 9.17) is 5.73 Å². The molecular formula is C10H19N3O. The number of aromatic nitrogens is 2. The molecule has 1 aromatic rings. The average molecular weight is 197 g/mol. The Labute approximate surface area is 84.8 Å². The second kappa shape index (κ2) is 3.61. The minimum atomic E-state index is -0.964. The molecule has 0 atom stereocenters. The minimum Gasteiger partial charge on any atom is -0.384 e. The van der Waals surface area contributed by atoms with Gasteiger partial charge in [0, 0.05) is 13.5 Å². The van der Waals surface area contributed by atoms with E-state index in [0.29, 0.717) is 11.5 Å². The molecule has 0 aromatic carbocycles. The Morgan fingerprint density at radius 2 is 2.07 bits per heavy atom. The van der Waals surface area contributed by atoms with E-state index in [1.807, 2.05) is 11.6 Å². The number of aliphatic hydroxyl groups is 1. The zero-order chi connectivity index (χ0) is 10.9. The molecule has 80 valence electrons. The van der Waals surface area contributed by atoms with Gasteiger partial charge in [-0.15, -0.1) is 0 Å². The maximum absolute atomic E-state index is 9.82. The van der Waals surface area contributed by atoms with E-state index in [1.165, 1.54) is 0 Å². The first-order valence-electron chi connectivity index (χ1n) is 4.91. The van der Waals surface area contributed by atoms with Gasteiger partial charge in [-0.1, -0.05) is 6.92 Å². The highest BCUT2D eigenvalue weighted by atomic mass is 16.3. The molecule has 0 amide bonds. The smallest absolute Gasteiger partial charge is 0.129 e. The lowest BCUT2D eigenvalue weighted by molar-refractivity contribution is 0.0750. The summed E-state index contributed by atoms with van der Waals surface area (Å²) < 4.78 is 1.84. The fraction of sp³-hybridized carbons (Fsp3) is 0.700. The molecule has 1 aromatic heterocycles. The number of hydrogen-bond acceptors (Lipinski definition) is 3. The van der Waals surface area contributed by atoms with E-state index < -0.39 is 5.60 Å². The van der Waals surface area contributed by atoms with Gasteiger partial charge in [0.1, 0.15) is 22.9 Å². The van der Waals surface area contributed by atoms with Gasteiger partial charge in [0.15, 0.2) is 0 Å². The van der Waals surface area contributed by atoms with Gasteiger partial charge in [0.25, 0.3) is 0 Å². The molecule has 1 heterocycles. The summed E-state index contributed by atoms with van der Waals surface area (Å²) in [6.07, 6.45) is 1.91. The van der Waals surface area contributed by atoms with Crippen molar-refractivity contribution in [3.05, 3.63) is 11.5 Å². The van der Waals surface area contributed by atoms with Gasteiger partial charge in [0.2, 0.25) is 0 Å². The van der Waals surface area contributed by atoms with Crippen molar-refractivity contribution in [2.24, 2.45) is 7.05 Å². The van der Waals surface area contributed by atoms with Crippen LogP contribution >= 0.6 is 0 Å². The Morgan fingerprint density at radius 1 is 1.50 bits per heavy atom. The molecular weight excluding hydrogens is 178 g/mol. The predicted octanol–water partition coefficient (Wildman–Crippen LogP) is 1.18. The van der Waals surface area contributed by atoms with Gasteiger partial charge in [-0.3, -0.25) is 0 Å². The third-order valence-corrected chi connectivity index (χ3v) is 2.29. The predicted molar refractivity (Wildman–Crippen MR) is 56.9 cm³/mol. The molecule has 0 saturated heterocycles. The lowest BCUT2D eigenvalue weighted by atomic mass is 10.1. The van der Waals surface area contributed by atoms with E-state index in [2.05, 4.69) is 11.9 Å². The maximum Gasteiger partial charge on any atom is 0.129 e. The van der Waals surface area contributed by atoms with Crippen molar-refractivity contribution in [2.75, 3.05) is 5.73 Å². The summed E-state index contributed by atoms with van der Waals surface area (Å²) in [5.74, 6) is 1.49. The average Bonchev–Trinajstić information content (AvgIpc) is 2.32. The van der Waals surface area contributed by atoms with E-state index in [-0.39, 0.29) is 0 Å². The van der Waals surface area contributed by atoms with Crippen molar-refractivity contribution in [1.29, 1.82) is 0 Å². The lowest BCUT2D eigenvalue weighted by Crippen LogP contribution is -2.18. The van der Waals surface area contributed by atoms with Gasteiger partial charge >= 0.3 is 0 Å². The monoisotopic (exact) mass is 197 g/mol. The topological polar surface area (TPSA) is 64.1 Å². The Balaban J connectivity index is 3.15. The Hall–Kier alpha value is -1.03. The summed E-state index contributed by atoms with van der Waals surface area (Å²) in [6, 6.07) is 0. The van der Waals surface area contributed by atoms with Crippen LogP contribution in [0.5, 0.6) is 0 Å². The van der Waals surface area contributed by atoms with Crippen molar-refractivity contribution in [2.45, 2.75) is 39.2 Å². The lowest BCUT2D eigenvalue weighted by Gasteiger charge is -2.14. The zero-order valence-electron chi connectivity index (χ0n) is 9.33. The van der Waals surface area contributed by atoms with Crippen LogP contribution in [0.4, 0.5) is 5.82 Å². The molecule has 0 saturated carbocycles. The van der Waals surface area contributed by atoms with Crippen molar-refractivity contribution >= 4 is 5.82 Å². The third-order valence-electron chi connectivity index (χ3n) is 2.29. The zero-order valence-corrected chi connectivity index (χ0v) is 9.33. The molecule has 4 nitrogen and oxygen atoms in total. The fourth-order valence-electron chi connectivity index (χ4n) is 1.46. The summed E-state index contributed by atoms with van der Waals surface area (Å²) in [5, 5.41) is 9.82. The number of anilines is 1. The number of aryl methyl sites for hydroxylation is 1. The number of imidazole rings is 1. The van der Waals surface area contributed by atoms with E-state index in [1.54, 1.807) is 13.8 Å². The van der Waals surface area contributed by atoms with Gasteiger partial charge in [0.05, 0.1) is 0 Å². The van der Waals surface area contributed by atoms with Crippen molar-refractivity contribution in [1.82, 2.24) is 9.55 Å². The largest absolute Gasteiger partial charge is 0.384 e. The van der Waals surface area contributed by atoms with Crippen LogP contribution in [-0.4, -0.2) is 14.7 Å². The van der Waals surface area contributed by atoms with Crippen LogP contribution in [0.2, 0.25) is 0 Å². The van der Waals surface area contributed by atoms with Gasteiger partial charge in [-0.05, 0) is 20.3 Å². The van der Waals surface area contributed by atoms with E-state index >= 15 is 0 Å². The molecule has 0 aliphatic carbocycles. The summed E-state index contributed by atoms with van der Waals surface area (Å²) in [5.41, 5.74) is 5.47. The number of nitrogens with two attached hydrogens (primary N) is 1. The first-order valence-corrected chi connectivity index (χ1v) is 4.91. The molecule has 0 spiro atoms. The maximum atomic E-state index is 9.82. The summed E-state index contributed by atoms with van der Waals surface area (Å²) in [6.45, 7) is 5.48. The highest BCUT2D eigenvalue weighted by Crippen LogP contribution is 2.25. The molecule has 0 unspecified atom stereocenters. The van der Waals surface area contributed by atoms with Crippen LogP contribution < -0.4 is 5.73 Å². The van der Waals surface area contributed by atoms with Gasteiger partial charge < -0.3 is 15.4 Å². The molecule has 1 rings (SSSR count). The standard InChI is InChI=1S/C10H19N3O/c1-5-6-7-12-8(10(2,3)14)9(11)13(7)4/h14H,5-6,11H2,1-4H3. The van der Waals surface area contributed by atoms with Crippen LogP contribution in [0, 0.1) is 0 Å². The van der Waals surface area contributed by atoms with Crippen molar-refractivity contribution in [3.8, 4) is 0 Å². The number of rotatable bonds is 3. The van der Waals surface area contributed by atoms with Crippen LogP contribution in [0.1, 0.15) is 38.7 Å². The van der Waals surface area contributed by atoms with E-state index in [9.17, 15) is 5.11 Å². The first kappa shape index (κ1) is 11.0. The second-order valence-electron chi connectivity index (χ2n) is 4.13.